The highest BCUT2D eigenvalue weighted by Gasteiger charge is 2.52. The van der Waals surface area contributed by atoms with E-state index in [1.54, 1.807) is 14.2 Å². The van der Waals surface area contributed by atoms with Crippen molar-refractivity contribution in [3.05, 3.63) is 28.2 Å². The van der Waals surface area contributed by atoms with Gasteiger partial charge in [0.15, 0.2) is 22.6 Å². The number of hydrogen-bond acceptors (Lipinski definition) is 6. The highest BCUT2D eigenvalue weighted by Crippen LogP contribution is 2.54. The summed E-state index contributed by atoms with van der Waals surface area (Å²) in [6, 6.07) is 3.97. The lowest BCUT2D eigenvalue weighted by atomic mass is 9.95. The van der Waals surface area contributed by atoms with Gasteiger partial charge in [-0.25, -0.2) is 5.41 Å². The molecule has 1 aromatic rings. The summed E-state index contributed by atoms with van der Waals surface area (Å²) < 4.78 is 11.1. The zero-order valence-corrected chi connectivity index (χ0v) is 14.2. The molecule has 0 saturated carbocycles. The lowest BCUT2D eigenvalue weighted by Crippen LogP contribution is -2.44. The van der Waals surface area contributed by atoms with Crippen LogP contribution in [0.15, 0.2) is 17.0 Å². The van der Waals surface area contributed by atoms with Crippen molar-refractivity contribution in [1.82, 2.24) is 0 Å². The highest BCUT2D eigenvalue weighted by atomic mass is 32.2. The van der Waals surface area contributed by atoms with E-state index in [9.17, 15) is 5.26 Å². The minimum absolute atomic E-state index is 0.259. The SMILES string of the molecule is COc1cc2c(cc1OC)C1=C(C)SC(=N)[N+]1(SC#N)CC2. The second-order valence-electron chi connectivity index (χ2n) is 5.07. The largest absolute Gasteiger partial charge is 0.493 e. The number of nitrogens with zero attached hydrogens (tertiary/aromatic N) is 2. The van der Waals surface area contributed by atoms with Gasteiger partial charge in [-0.1, -0.05) is 0 Å². The van der Waals surface area contributed by atoms with Gasteiger partial charge in [-0.2, -0.15) is 9.15 Å². The highest BCUT2D eigenvalue weighted by molar-refractivity contribution is 8.18. The Kier molecular flexibility index (Phi) is 3.85. The third-order valence-electron chi connectivity index (χ3n) is 4.03. The third kappa shape index (κ3) is 2.02. The van der Waals surface area contributed by atoms with Gasteiger partial charge in [-0.3, -0.25) is 0 Å². The second-order valence-corrected chi connectivity index (χ2v) is 7.26. The van der Waals surface area contributed by atoms with Crippen LogP contribution >= 0.6 is 23.7 Å². The molecule has 2 aliphatic heterocycles. The standard InChI is InChI=1S/C15H16N3O2S2/c1-9-14-11-7-13(20-3)12(19-2)6-10(11)4-5-18(14,21-8-16)15(17)22-9/h6-7,17H,4-5H2,1-3H3/q+1. The van der Waals surface area contributed by atoms with Crippen LogP contribution in [0.2, 0.25) is 0 Å². The van der Waals surface area contributed by atoms with Gasteiger partial charge in [0.05, 0.1) is 19.1 Å². The Morgan fingerprint density at radius 2 is 2.00 bits per heavy atom. The van der Waals surface area contributed by atoms with Crippen LogP contribution in [0, 0.1) is 16.1 Å². The molecule has 0 spiro atoms. The van der Waals surface area contributed by atoms with E-state index < -0.39 is 0 Å². The van der Waals surface area contributed by atoms with Crippen molar-refractivity contribution in [1.29, 1.82) is 10.7 Å². The van der Waals surface area contributed by atoms with Crippen LogP contribution in [0.5, 0.6) is 11.5 Å². The lowest BCUT2D eigenvalue weighted by molar-refractivity contribution is -0.609. The minimum Gasteiger partial charge on any atom is -0.493 e. The number of ether oxygens (including phenoxy) is 2. The van der Waals surface area contributed by atoms with Crippen LogP contribution in [0.4, 0.5) is 0 Å². The van der Waals surface area contributed by atoms with Crippen molar-refractivity contribution in [3.8, 4) is 16.9 Å². The molecule has 3 rings (SSSR count). The summed E-state index contributed by atoms with van der Waals surface area (Å²) in [6.07, 6.45) is 0.796. The Morgan fingerprint density at radius 3 is 2.64 bits per heavy atom. The third-order valence-corrected chi connectivity index (χ3v) is 6.09. The quantitative estimate of drug-likeness (QED) is 0.520. The summed E-state index contributed by atoms with van der Waals surface area (Å²) in [6.45, 7) is 2.72. The zero-order chi connectivity index (χ0) is 15.9. The van der Waals surface area contributed by atoms with Gasteiger partial charge >= 0.3 is 0 Å². The fourth-order valence-corrected chi connectivity index (χ4v) is 5.04. The molecule has 0 bridgehead atoms. The van der Waals surface area contributed by atoms with Gasteiger partial charge in [0.25, 0.3) is 5.17 Å². The van der Waals surface area contributed by atoms with E-state index in [1.165, 1.54) is 17.3 Å². The number of fused-ring (bicyclic) bond motifs is 3. The minimum atomic E-state index is 0.259. The van der Waals surface area contributed by atoms with Crippen molar-refractivity contribution in [3.63, 3.8) is 0 Å². The molecule has 0 radical (unpaired) electrons. The lowest BCUT2D eigenvalue weighted by Gasteiger charge is -2.34. The monoisotopic (exact) mass is 334 g/mol. The Hall–Kier alpha value is -1.62. The number of thiocyanates is 1. The average molecular weight is 334 g/mol. The zero-order valence-electron chi connectivity index (χ0n) is 12.6. The molecule has 114 valence electrons. The van der Waals surface area contributed by atoms with Gasteiger partial charge < -0.3 is 9.47 Å². The maximum Gasteiger partial charge on any atom is 0.278 e. The number of amidine groups is 1. The number of methoxy groups -OCH3 is 2. The first kappa shape index (κ1) is 15.3. The Labute approximate surface area is 138 Å². The summed E-state index contributed by atoms with van der Waals surface area (Å²) in [5.74, 6) is 1.39. The first-order chi connectivity index (χ1) is 10.6. The predicted octanol–water partition coefficient (Wildman–Crippen LogP) is 3.58. The van der Waals surface area contributed by atoms with Crippen molar-refractivity contribution >= 4 is 34.6 Å². The molecule has 1 atom stereocenters. The number of benzene rings is 1. The molecule has 0 amide bonds. The van der Waals surface area contributed by atoms with E-state index in [-0.39, 0.29) is 3.89 Å². The van der Waals surface area contributed by atoms with Crippen LogP contribution in [-0.2, 0) is 6.42 Å². The first-order valence-corrected chi connectivity index (χ1v) is 8.35. The van der Waals surface area contributed by atoms with Crippen LogP contribution < -0.4 is 9.47 Å². The van der Waals surface area contributed by atoms with E-state index in [1.807, 2.05) is 19.1 Å². The molecule has 1 aromatic carbocycles. The maximum absolute atomic E-state index is 9.22. The van der Waals surface area contributed by atoms with E-state index in [0.29, 0.717) is 23.2 Å². The summed E-state index contributed by atoms with van der Waals surface area (Å²) in [4.78, 5) is 1.07. The van der Waals surface area contributed by atoms with Crippen LogP contribution in [0.1, 0.15) is 18.1 Å². The second kappa shape index (κ2) is 5.54. The molecule has 0 fully saturated rings. The molecule has 1 N–H and O–H groups in total. The average Bonchev–Trinajstić information content (AvgIpc) is 2.77. The van der Waals surface area contributed by atoms with Gasteiger partial charge in [0, 0.05) is 12.0 Å². The number of hydrogen-bond donors (Lipinski definition) is 1. The molecule has 0 aromatic heterocycles. The van der Waals surface area contributed by atoms with Crippen LogP contribution in [-0.4, -0.2) is 29.8 Å². The number of rotatable bonds is 3. The van der Waals surface area contributed by atoms with Crippen molar-refractivity contribution in [2.24, 2.45) is 0 Å². The van der Waals surface area contributed by atoms with Gasteiger partial charge in [-0.05, 0) is 36.4 Å². The fourth-order valence-electron chi connectivity index (χ4n) is 3.05. The molecule has 0 saturated heterocycles. The normalized spacial score (nSPS) is 22.9. The van der Waals surface area contributed by atoms with E-state index in [2.05, 4.69) is 5.40 Å². The number of allylic oxidation sites excluding steroid dienone is 1. The smallest absolute Gasteiger partial charge is 0.278 e. The molecule has 1 unspecified atom stereocenters. The fraction of sp³-hybridized carbons (Fsp3) is 0.333. The van der Waals surface area contributed by atoms with Gasteiger partial charge in [0.1, 0.15) is 6.54 Å². The molecule has 0 aliphatic carbocycles. The van der Waals surface area contributed by atoms with Crippen LogP contribution in [0.3, 0.4) is 0 Å². The predicted molar refractivity (Wildman–Crippen MR) is 89.5 cm³/mol. The van der Waals surface area contributed by atoms with Gasteiger partial charge in [0.2, 0.25) is 11.9 Å². The Balaban J connectivity index is 2.23. The van der Waals surface area contributed by atoms with Gasteiger partial charge in [-0.15, -0.1) is 0 Å². The molecule has 22 heavy (non-hydrogen) atoms. The topological polar surface area (TPSA) is 66.1 Å². The number of nitriles is 1. The number of thioether (sulfide) groups is 1. The molecule has 2 aliphatic rings. The molecular formula is C15H16N3O2S2+. The summed E-state index contributed by atoms with van der Waals surface area (Å²) in [5.41, 5.74) is 3.26. The molecule has 5 nitrogen and oxygen atoms in total. The van der Waals surface area contributed by atoms with E-state index in [4.69, 9.17) is 14.9 Å². The van der Waals surface area contributed by atoms with E-state index >= 15 is 0 Å². The Bertz CT molecular complexity index is 739. The number of nitrogens with one attached hydrogen (secondary N) is 1. The van der Waals surface area contributed by atoms with Crippen molar-refractivity contribution < 1.29 is 13.4 Å². The number of quaternary nitrogens is 1. The van der Waals surface area contributed by atoms with Crippen molar-refractivity contribution in [2.75, 3.05) is 20.8 Å². The maximum atomic E-state index is 9.22. The summed E-state index contributed by atoms with van der Waals surface area (Å²) in [5, 5.41) is 20.2. The molecule has 2 heterocycles. The first-order valence-electron chi connectivity index (χ1n) is 6.76. The van der Waals surface area contributed by atoms with Crippen molar-refractivity contribution in [2.45, 2.75) is 13.3 Å². The Morgan fingerprint density at radius 1 is 1.32 bits per heavy atom. The van der Waals surface area contributed by atoms with Crippen LogP contribution in [0.25, 0.3) is 5.70 Å². The molecular weight excluding hydrogens is 318 g/mol. The summed E-state index contributed by atoms with van der Waals surface area (Å²) >= 11 is 2.58. The van der Waals surface area contributed by atoms with E-state index in [0.717, 1.165) is 34.5 Å². The summed E-state index contributed by atoms with van der Waals surface area (Å²) in [7, 11) is 3.25. The molecule has 7 heteroatoms.